The first-order valence-electron chi connectivity index (χ1n) is 2.74. The second-order valence-electron chi connectivity index (χ2n) is 1.80. The average molecular weight is 160 g/mol. The van der Waals surface area contributed by atoms with Crippen LogP contribution in [-0.4, -0.2) is 56.5 Å². The summed E-state index contributed by atoms with van der Waals surface area (Å²) in [5, 5.41) is 8.82. The molecule has 1 aromatic carbocycles. The van der Waals surface area contributed by atoms with E-state index in [1.807, 2.05) is 12.1 Å². The number of aromatic hydroxyl groups is 1. The predicted molar refractivity (Wildman–Crippen MR) is 45.3 cm³/mol. The summed E-state index contributed by atoms with van der Waals surface area (Å²) < 4.78 is 0. The number of hydrogen-bond acceptors (Lipinski definition) is 1. The molecule has 0 spiro atoms. The molecule has 0 bridgehead atoms. The zero-order valence-corrected chi connectivity index (χ0v) is 5.04. The Bertz CT molecular complexity index is 203. The quantitative estimate of drug-likeness (QED) is 0.615. The third kappa shape index (κ3) is 2.99. The fourth-order valence-corrected chi connectivity index (χ4v) is 0.610. The number of rotatable bonds is 1. The van der Waals surface area contributed by atoms with Crippen LogP contribution in [0.2, 0.25) is 0 Å². The van der Waals surface area contributed by atoms with Gasteiger partial charge in [-0.05, 0) is 17.7 Å². The molecule has 0 aliphatic heterocycles. The van der Waals surface area contributed by atoms with E-state index in [0.717, 1.165) is 5.56 Å². The molecular formula is C8H9KO. The van der Waals surface area contributed by atoms with E-state index in [0.29, 0.717) is 5.75 Å². The number of hydrogen-bond donors (Lipinski definition) is 1. The van der Waals surface area contributed by atoms with Gasteiger partial charge in [-0.25, -0.2) is 0 Å². The molecular weight excluding hydrogens is 151 g/mol. The zero-order chi connectivity index (χ0) is 6.69. The molecule has 0 atom stereocenters. The monoisotopic (exact) mass is 160 g/mol. The fraction of sp³-hybridized carbons (Fsp3) is 0. The minimum absolute atomic E-state index is 0. The fourth-order valence-electron chi connectivity index (χ4n) is 0.610. The van der Waals surface area contributed by atoms with Crippen molar-refractivity contribution in [1.29, 1.82) is 0 Å². The van der Waals surface area contributed by atoms with E-state index in [9.17, 15) is 0 Å². The molecule has 0 saturated carbocycles. The SMILES string of the molecule is C=Cc1ccc(O)cc1.[KH]. The standard InChI is InChI=1S/C8H8O.K.H/c1-2-7-3-5-8(9)6-4-7;;/h2-6,9H,1H2;;. The number of phenols is 1. The Balaban J connectivity index is 0.000000810. The van der Waals surface area contributed by atoms with Crippen LogP contribution < -0.4 is 0 Å². The normalized spacial score (nSPS) is 8.00. The molecule has 0 aromatic heterocycles. The molecule has 0 radical (unpaired) electrons. The van der Waals surface area contributed by atoms with Gasteiger partial charge in [-0.15, -0.1) is 0 Å². The van der Waals surface area contributed by atoms with Crippen LogP contribution >= 0.6 is 0 Å². The Morgan fingerprint density at radius 1 is 1.20 bits per heavy atom. The van der Waals surface area contributed by atoms with Gasteiger partial charge < -0.3 is 5.11 Å². The van der Waals surface area contributed by atoms with Crippen molar-refractivity contribution in [2.45, 2.75) is 0 Å². The molecule has 10 heavy (non-hydrogen) atoms. The summed E-state index contributed by atoms with van der Waals surface area (Å²) in [5.74, 6) is 0.292. The van der Waals surface area contributed by atoms with Crippen molar-refractivity contribution < 1.29 is 5.11 Å². The van der Waals surface area contributed by atoms with Gasteiger partial charge in [0.2, 0.25) is 0 Å². The van der Waals surface area contributed by atoms with E-state index in [1.165, 1.54) is 0 Å². The van der Waals surface area contributed by atoms with Crippen LogP contribution in [0.1, 0.15) is 5.56 Å². The number of phenolic OH excluding ortho intramolecular Hbond substituents is 1. The first-order chi connectivity index (χ1) is 4.33. The Kier molecular flexibility index (Phi) is 5.30. The minimum atomic E-state index is 0. The molecule has 0 aliphatic carbocycles. The molecule has 1 N–H and O–H groups in total. The van der Waals surface area contributed by atoms with Crippen molar-refractivity contribution in [3.05, 3.63) is 36.4 Å². The molecule has 1 nitrogen and oxygen atoms in total. The van der Waals surface area contributed by atoms with Gasteiger partial charge in [0, 0.05) is 0 Å². The summed E-state index contributed by atoms with van der Waals surface area (Å²) in [6.07, 6.45) is 1.74. The molecule has 48 valence electrons. The first-order valence-corrected chi connectivity index (χ1v) is 2.74. The third-order valence-corrected chi connectivity index (χ3v) is 1.13. The van der Waals surface area contributed by atoms with E-state index in [2.05, 4.69) is 6.58 Å². The molecule has 0 aliphatic rings. The van der Waals surface area contributed by atoms with Gasteiger partial charge in [-0.1, -0.05) is 24.8 Å². The van der Waals surface area contributed by atoms with Crippen LogP contribution in [0.25, 0.3) is 6.08 Å². The first kappa shape index (κ1) is 10.4. The van der Waals surface area contributed by atoms with Crippen LogP contribution in [0.3, 0.4) is 0 Å². The average Bonchev–Trinajstić information content (AvgIpc) is 1.90. The molecule has 0 amide bonds. The summed E-state index contributed by atoms with van der Waals surface area (Å²) in [4.78, 5) is 0. The van der Waals surface area contributed by atoms with Crippen LogP contribution in [0.15, 0.2) is 30.8 Å². The number of benzene rings is 1. The topological polar surface area (TPSA) is 20.2 Å². The van der Waals surface area contributed by atoms with E-state index < -0.39 is 0 Å². The van der Waals surface area contributed by atoms with Crippen molar-refractivity contribution in [3.63, 3.8) is 0 Å². The van der Waals surface area contributed by atoms with Crippen LogP contribution in [0.5, 0.6) is 5.75 Å². The van der Waals surface area contributed by atoms with Crippen LogP contribution in [0, 0.1) is 0 Å². The summed E-state index contributed by atoms with van der Waals surface area (Å²) in [7, 11) is 0. The molecule has 0 fully saturated rings. The van der Waals surface area contributed by atoms with E-state index >= 15 is 0 Å². The Morgan fingerprint density at radius 2 is 1.70 bits per heavy atom. The van der Waals surface area contributed by atoms with Crippen molar-refractivity contribution in [2.24, 2.45) is 0 Å². The molecule has 0 heterocycles. The van der Waals surface area contributed by atoms with Crippen molar-refractivity contribution in [3.8, 4) is 5.75 Å². The van der Waals surface area contributed by atoms with Gasteiger partial charge in [0.25, 0.3) is 0 Å². The van der Waals surface area contributed by atoms with Crippen LogP contribution in [0.4, 0.5) is 0 Å². The van der Waals surface area contributed by atoms with Gasteiger partial charge in [-0.3, -0.25) is 0 Å². The second-order valence-corrected chi connectivity index (χ2v) is 1.80. The Hall–Kier alpha value is 0.396. The van der Waals surface area contributed by atoms with Gasteiger partial charge in [0.15, 0.2) is 0 Å². The van der Waals surface area contributed by atoms with Crippen molar-refractivity contribution in [2.75, 3.05) is 0 Å². The van der Waals surface area contributed by atoms with Gasteiger partial charge in [0.1, 0.15) is 5.75 Å². The van der Waals surface area contributed by atoms with Gasteiger partial charge >= 0.3 is 51.4 Å². The van der Waals surface area contributed by atoms with Gasteiger partial charge in [0.05, 0.1) is 0 Å². The third-order valence-electron chi connectivity index (χ3n) is 1.13. The van der Waals surface area contributed by atoms with Crippen LogP contribution in [-0.2, 0) is 0 Å². The molecule has 0 unspecified atom stereocenters. The summed E-state index contributed by atoms with van der Waals surface area (Å²) in [6, 6.07) is 6.89. The Labute approximate surface area is 103 Å². The summed E-state index contributed by atoms with van der Waals surface area (Å²) in [6.45, 7) is 3.58. The van der Waals surface area contributed by atoms with Crippen molar-refractivity contribution >= 4 is 57.5 Å². The maximum absolute atomic E-state index is 8.82. The predicted octanol–water partition coefficient (Wildman–Crippen LogP) is 1.39. The second kappa shape index (κ2) is 5.10. The molecule has 1 rings (SSSR count). The van der Waals surface area contributed by atoms with E-state index in [-0.39, 0.29) is 51.4 Å². The van der Waals surface area contributed by atoms with Crippen molar-refractivity contribution in [1.82, 2.24) is 0 Å². The molecule has 0 saturated heterocycles. The zero-order valence-electron chi connectivity index (χ0n) is 5.04. The molecule has 1 aromatic rings. The maximum atomic E-state index is 8.82. The van der Waals surface area contributed by atoms with E-state index in [4.69, 9.17) is 5.11 Å². The summed E-state index contributed by atoms with van der Waals surface area (Å²) >= 11 is 0. The van der Waals surface area contributed by atoms with E-state index in [1.54, 1.807) is 18.2 Å². The summed E-state index contributed by atoms with van der Waals surface area (Å²) in [5.41, 5.74) is 1.02. The van der Waals surface area contributed by atoms with Gasteiger partial charge in [-0.2, -0.15) is 0 Å². The Morgan fingerprint density at radius 3 is 2.10 bits per heavy atom. The molecule has 2 heteroatoms.